The van der Waals surface area contributed by atoms with Gasteiger partial charge in [-0.2, -0.15) is 17.6 Å². The molecule has 2 heterocycles. The molecule has 94 valence electrons. The Hall–Kier alpha value is -0.720. The average molecular weight is 256 g/mol. The van der Waals surface area contributed by atoms with Crippen molar-refractivity contribution in [2.45, 2.75) is 35.4 Å². The molecule has 1 nitrogen and oxygen atoms in total. The quantitative estimate of drug-likeness (QED) is 0.477. The van der Waals surface area contributed by atoms with Gasteiger partial charge in [0, 0.05) is 11.8 Å². The lowest BCUT2D eigenvalue weighted by Gasteiger charge is -2.72. The highest BCUT2D eigenvalue weighted by atomic mass is 19.3. The lowest BCUT2D eigenvalue weighted by molar-refractivity contribution is -0.507. The molecular weight excluding hydrogens is 250 g/mol. The Morgan fingerprint density at radius 3 is 1.41 bits per heavy atom. The zero-order valence-corrected chi connectivity index (χ0v) is 8.14. The van der Waals surface area contributed by atoms with Gasteiger partial charge in [-0.15, -0.1) is 0 Å². The van der Waals surface area contributed by atoms with Crippen LogP contribution in [0.5, 0.6) is 0 Å². The molecule has 0 radical (unpaired) electrons. The summed E-state index contributed by atoms with van der Waals surface area (Å²) in [7, 11) is 0. The summed E-state index contributed by atoms with van der Waals surface area (Å²) in [6.45, 7) is 0. The first-order valence-corrected chi connectivity index (χ1v) is 5.18. The second-order valence-corrected chi connectivity index (χ2v) is 5.07. The first-order valence-electron chi connectivity index (χ1n) is 5.18. The van der Waals surface area contributed by atoms with Gasteiger partial charge in [0.05, 0.1) is 12.2 Å². The van der Waals surface area contributed by atoms with Crippen molar-refractivity contribution < 1.29 is 31.1 Å². The minimum atomic E-state index is -4.96. The first-order chi connectivity index (χ1) is 7.71. The SMILES string of the molecule is FC1(F)C(F)(F)C2(F)C3C4C=CC(O4)C3C12F. The van der Waals surface area contributed by atoms with E-state index in [0.29, 0.717) is 0 Å². The maximum Gasteiger partial charge on any atom is 0.350 e. The van der Waals surface area contributed by atoms with Gasteiger partial charge in [-0.1, -0.05) is 12.2 Å². The van der Waals surface area contributed by atoms with E-state index >= 15 is 0 Å². The van der Waals surface area contributed by atoms with Gasteiger partial charge in [0.15, 0.2) is 0 Å². The topological polar surface area (TPSA) is 9.23 Å². The van der Waals surface area contributed by atoms with Crippen LogP contribution in [0.1, 0.15) is 0 Å². The maximum absolute atomic E-state index is 14.0. The molecule has 6 unspecified atom stereocenters. The Morgan fingerprint density at radius 1 is 0.706 bits per heavy atom. The Balaban J connectivity index is 1.90. The number of hydrogen-bond donors (Lipinski definition) is 0. The minimum absolute atomic E-state index is 1.01. The summed E-state index contributed by atoms with van der Waals surface area (Å²) in [6, 6.07) is 0. The molecule has 6 atom stereocenters. The molecule has 1 saturated heterocycles. The molecule has 0 aromatic heterocycles. The predicted molar refractivity (Wildman–Crippen MR) is 42.4 cm³/mol. The van der Waals surface area contributed by atoms with Crippen LogP contribution in [-0.4, -0.2) is 35.4 Å². The largest absolute Gasteiger partial charge is 0.366 e. The van der Waals surface area contributed by atoms with E-state index in [1.807, 2.05) is 0 Å². The fourth-order valence-corrected chi connectivity index (χ4v) is 3.92. The molecule has 2 saturated carbocycles. The predicted octanol–water partition coefficient (Wildman–Crippen LogP) is 2.27. The number of hydrogen-bond acceptors (Lipinski definition) is 1. The monoisotopic (exact) mass is 256 g/mol. The van der Waals surface area contributed by atoms with Crippen LogP contribution in [0.4, 0.5) is 26.3 Å². The number of ether oxygens (including phenoxy) is 1. The number of alkyl halides is 6. The van der Waals surface area contributed by atoms with Crippen molar-refractivity contribution in [1.82, 2.24) is 0 Å². The Kier molecular flexibility index (Phi) is 1.28. The Labute approximate surface area is 91.4 Å². The summed E-state index contributed by atoms with van der Waals surface area (Å²) in [5.74, 6) is -12.9. The lowest BCUT2D eigenvalue weighted by atomic mass is 9.37. The molecule has 0 N–H and O–H groups in total. The van der Waals surface area contributed by atoms with Crippen molar-refractivity contribution in [2.24, 2.45) is 11.8 Å². The smallest absolute Gasteiger partial charge is 0.350 e. The summed E-state index contributed by atoms with van der Waals surface area (Å²) in [4.78, 5) is 0. The highest BCUT2D eigenvalue weighted by Gasteiger charge is 3.08. The van der Waals surface area contributed by atoms with E-state index in [1.165, 1.54) is 12.2 Å². The third kappa shape index (κ3) is 0.578. The van der Waals surface area contributed by atoms with Gasteiger partial charge in [0.2, 0.25) is 11.3 Å². The molecule has 17 heavy (non-hydrogen) atoms. The van der Waals surface area contributed by atoms with Gasteiger partial charge in [-0.05, 0) is 0 Å². The summed E-state index contributed by atoms with van der Waals surface area (Å²) < 4.78 is 85.7. The van der Waals surface area contributed by atoms with E-state index < -0.39 is 47.2 Å². The summed E-state index contributed by atoms with van der Waals surface area (Å²) in [5.41, 5.74) is -7.59. The molecule has 3 fully saturated rings. The third-order valence-corrected chi connectivity index (χ3v) is 4.66. The summed E-state index contributed by atoms with van der Waals surface area (Å²) in [6.07, 6.45) is 0.639. The van der Waals surface area contributed by atoms with Crippen LogP contribution in [0.15, 0.2) is 12.2 Å². The highest BCUT2D eigenvalue weighted by molar-refractivity contribution is 5.48. The van der Waals surface area contributed by atoms with E-state index in [0.717, 1.165) is 0 Å². The zero-order chi connectivity index (χ0) is 12.4. The number of fused-ring (bicyclic) bond motifs is 8. The second-order valence-electron chi connectivity index (χ2n) is 5.07. The van der Waals surface area contributed by atoms with Gasteiger partial charge in [-0.25, -0.2) is 8.78 Å². The molecule has 0 aromatic carbocycles. The van der Waals surface area contributed by atoms with Crippen molar-refractivity contribution in [1.29, 1.82) is 0 Å². The van der Waals surface area contributed by atoms with Crippen LogP contribution >= 0.6 is 0 Å². The summed E-state index contributed by atoms with van der Waals surface area (Å²) in [5, 5.41) is 0. The molecule has 0 spiro atoms. The van der Waals surface area contributed by atoms with E-state index in [2.05, 4.69) is 0 Å². The van der Waals surface area contributed by atoms with E-state index in [1.54, 1.807) is 0 Å². The molecule has 2 aliphatic carbocycles. The summed E-state index contributed by atoms with van der Waals surface area (Å²) >= 11 is 0. The molecule has 0 aromatic rings. The van der Waals surface area contributed by atoms with E-state index in [-0.39, 0.29) is 0 Å². The van der Waals surface area contributed by atoms with Crippen molar-refractivity contribution in [3.63, 3.8) is 0 Å². The fraction of sp³-hybridized carbons (Fsp3) is 0.800. The maximum atomic E-state index is 14.0. The molecule has 7 heteroatoms. The van der Waals surface area contributed by atoms with Crippen LogP contribution in [0.2, 0.25) is 0 Å². The molecule has 4 aliphatic rings. The number of halogens is 6. The molecular formula is C10H6F6O. The van der Waals surface area contributed by atoms with Gasteiger partial charge in [-0.3, -0.25) is 0 Å². The van der Waals surface area contributed by atoms with Crippen LogP contribution in [0.25, 0.3) is 0 Å². The average Bonchev–Trinajstić information content (AvgIpc) is 2.83. The van der Waals surface area contributed by atoms with E-state index in [9.17, 15) is 26.3 Å². The normalized spacial score (nSPS) is 63.6. The lowest BCUT2D eigenvalue weighted by Crippen LogP contribution is -2.98. The minimum Gasteiger partial charge on any atom is -0.366 e. The van der Waals surface area contributed by atoms with Crippen LogP contribution in [0, 0.1) is 11.8 Å². The molecule has 2 bridgehead atoms. The van der Waals surface area contributed by atoms with Crippen molar-refractivity contribution in [3.05, 3.63) is 12.2 Å². The van der Waals surface area contributed by atoms with Crippen molar-refractivity contribution >= 4 is 0 Å². The first kappa shape index (κ1) is 10.2. The molecule has 4 rings (SSSR count). The van der Waals surface area contributed by atoms with Gasteiger partial charge < -0.3 is 4.74 Å². The third-order valence-electron chi connectivity index (χ3n) is 4.66. The van der Waals surface area contributed by atoms with Crippen molar-refractivity contribution in [2.75, 3.05) is 0 Å². The zero-order valence-electron chi connectivity index (χ0n) is 8.14. The fourth-order valence-electron chi connectivity index (χ4n) is 3.92. The van der Waals surface area contributed by atoms with Gasteiger partial charge in [0.25, 0.3) is 0 Å². The van der Waals surface area contributed by atoms with Crippen LogP contribution in [0.3, 0.4) is 0 Å². The molecule has 0 amide bonds. The molecule has 2 aliphatic heterocycles. The van der Waals surface area contributed by atoms with Crippen LogP contribution < -0.4 is 0 Å². The van der Waals surface area contributed by atoms with Crippen LogP contribution in [-0.2, 0) is 4.74 Å². The Bertz CT molecular complexity index is 422. The number of rotatable bonds is 0. The second kappa shape index (κ2) is 2.13. The van der Waals surface area contributed by atoms with Crippen molar-refractivity contribution in [3.8, 4) is 0 Å². The van der Waals surface area contributed by atoms with Gasteiger partial charge in [0.1, 0.15) is 0 Å². The standard InChI is InChI=1S/C10H6F6O/c11-7-5-3-1-2-4(17-3)6(5)8(7,12)10(15,16)9(7,13)14/h1-6H. The van der Waals surface area contributed by atoms with E-state index in [4.69, 9.17) is 4.74 Å². The Morgan fingerprint density at radius 2 is 1.06 bits per heavy atom. The highest BCUT2D eigenvalue weighted by Crippen LogP contribution is 2.84. The van der Waals surface area contributed by atoms with Gasteiger partial charge >= 0.3 is 11.8 Å².